The van der Waals surface area contributed by atoms with Crippen LogP contribution in [0.2, 0.25) is 0 Å². The van der Waals surface area contributed by atoms with Gasteiger partial charge in [0.1, 0.15) is 0 Å². The lowest BCUT2D eigenvalue weighted by Gasteiger charge is -2.27. The third kappa shape index (κ3) is 4.28. The molecule has 0 saturated carbocycles. The van der Waals surface area contributed by atoms with Crippen LogP contribution in [0.5, 0.6) is 0 Å². The van der Waals surface area contributed by atoms with E-state index in [-0.39, 0.29) is 6.29 Å². The summed E-state index contributed by atoms with van der Waals surface area (Å²) in [4.78, 5) is 5.49. The van der Waals surface area contributed by atoms with Gasteiger partial charge in [-0.2, -0.15) is 0 Å². The Labute approximate surface area is 297 Å². The Morgan fingerprint density at radius 2 is 1.16 bits per heavy atom. The van der Waals surface area contributed by atoms with Crippen LogP contribution < -0.4 is 5.32 Å². The average Bonchev–Trinajstić information content (AvgIpc) is 3.85. The van der Waals surface area contributed by atoms with Gasteiger partial charge in [-0.15, -0.1) is 11.3 Å². The lowest BCUT2D eigenvalue weighted by Crippen LogP contribution is -2.29. The molecule has 1 N–H and O–H groups in total. The van der Waals surface area contributed by atoms with E-state index in [9.17, 15) is 0 Å². The van der Waals surface area contributed by atoms with Crippen molar-refractivity contribution in [1.29, 1.82) is 0 Å². The number of para-hydroxylation sites is 3. The molecule has 5 heteroatoms. The second-order valence-electron chi connectivity index (χ2n) is 13.2. The zero-order valence-corrected chi connectivity index (χ0v) is 28.3. The van der Waals surface area contributed by atoms with Crippen LogP contribution in [0.1, 0.15) is 17.4 Å². The van der Waals surface area contributed by atoms with Crippen LogP contribution in [0.3, 0.4) is 0 Å². The minimum Gasteiger partial charge on any atom is -0.346 e. The molecule has 4 heterocycles. The fraction of sp³-hybridized carbons (Fsp3) is 0.0217. The normalized spacial score (nSPS) is 14.9. The summed E-state index contributed by atoms with van der Waals surface area (Å²) in [5.74, 6) is 0. The Balaban J connectivity index is 1.19. The summed E-state index contributed by atoms with van der Waals surface area (Å²) >= 11 is 1.86. The van der Waals surface area contributed by atoms with E-state index in [0.717, 1.165) is 33.7 Å². The van der Waals surface area contributed by atoms with Crippen molar-refractivity contribution in [3.63, 3.8) is 0 Å². The summed E-state index contributed by atoms with van der Waals surface area (Å²) in [5.41, 5.74) is 10.1. The molecule has 0 saturated heterocycles. The van der Waals surface area contributed by atoms with Gasteiger partial charge >= 0.3 is 0 Å². The largest absolute Gasteiger partial charge is 0.346 e. The predicted molar refractivity (Wildman–Crippen MR) is 216 cm³/mol. The van der Waals surface area contributed by atoms with E-state index in [1.54, 1.807) is 0 Å². The van der Waals surface area contributed by atoms with Crippen molar-refractivity contribution in [1.82, 2.24) is 14.5 Å². The maximum atomic E-state index is 5.49. The van der Waals surface area contributed by atoms with Gasteiger partial charge in [0.15, 0.2) is 0 Å². The van der Waals surface area contributed by atoms with Crippen LogP contribution in [-0.4, -0.2) is 14.8 Å². The predicted octanol–water partition coefficient (Wildman–Crippen LogP) is 11.8. The standard InChI is InChI=1S/C46H30N4S/c1-3-14-29(15-4-1)38-27-39(35-22-13-21-34-33-20-9-12-25-44(33)51-45(34)35)48-46(47-38)50-41-24-11-8-19-32(41)37-26-36-31-18-7-10-23-40(31)49(42(36)28-43(37)50)30-16-5-2-6-17-30/h1-28,46,48H. The number of nitrogens with one attached hydrogen (secondary N) is 1. The van der Waals surface area contributed by atoms with Crippen LogP contribution in [0.4, 0.5) is 0 Å². The van der Waals surface area contributed by atoms with Crippen molar-refractivity contribution in [2.75, 3.05) is 0 Å². The maximum Gasteiger partial charge on any atom is 0.201 e. The van der Waals surface area contributed by atoms with Gasteiger partial charge in [-0.3, -0.25) is 0 Å². The molecular weight excluding hydrogens is 641 g/mol. The lowest BCUT2D eigenvalue weighted by molar-refractivity contribution is 0.509. The minimum absolute atomic E-state index is 0.390. The maximum absolute atomic E-state index is 5.49. The quantitative estimate of drug-likeness (QED) is 0.199. The molecule has 1 atom stereocenters. The van der Waals surface area contributed by atoms with Gasteiger partial charge in [-0.1, -0.05) is 121 Å². The first-order chi connectivity index (χ1) is 25.3. The van der Waals surface area contributed by atoms with E-state index < -0.39 is 0 Å². The fourth-order valence-corrected chi connectivity index (χ4v) is 9.33. The summed E-state index contributed by atoms with van der Waals surface area (Å²) < 4.78 is 7.37. The summed E-state index contributed by atoms with van der Waals surface area (Å²) in [7, 11) is 0. The second kappa shape index (κ2) is 11.0. The molecule has 0 fully saturated rings. The van der Waals surface area contributed by atoms with E-state index in [0.29, 0.717) is 0 Å². The average molecular weight is 671 g/mol. The molecule has 1 aliphatic heterocycles. The van der Waals surface area contributed by atoms with Gasteiger partial charge in [0.05, 0.1) is 27.8 Å². The molecule has 11 rings (SSSR count). The summed E-state index contributed by atoms with van der Waals surface area (Å²) in [6.45, 7) is 0. The van der Waals surface area contributed by atoms with Crippen molar-refractivity contribution < 1.29 is 0 Å². The molecule has 0 bridgehead atoms. The van der Waals surface area contributed by atoms with E-state index in [2.05, 4.69) is 184 Å². The monoisotopic (exact) mass is 670 g/mol. The van der Waals surface area contributed by atoms with E-state index in [1.807, 2.05) is 11.3 Å². The Bertz CT molecular complexity index is 3050. The number of hydrogen-bond donors (Lipinski definition) is 1. The molecule has 4 nitrogen and oxygen atoms in total. The van der Waals surface area contributed by atoms with Gasteiger partial charge in [0.25, 0.3) is 0 Å². The Morgan fingerprint density at radius 1 is 0.510 bits per heavy atom. The molecular formula is C46H30N4S. The molecule has 0 amide bonds. The highest BCUT2D eigenvalue weighted by molar-refractivity contribution is 7.26. The molecule has 10 aromatic rings. The zero-order valence-electron chi connectivity index (χ0n) is 27.5. The topological polar surface area (TPSA) is 34.2 Å². The second-order valence-corrected chi connectivity index (χ2v) is 14.3. The molecule has 1 unspecified atom stereocenters. The first kappa shape index (κ1) is 28.4. The number of allylic oxidation sites excluding steroid dienone is 1. The summed E-state index contributed by atoms with van der Waals surface area (Å²) in [5, 5.41) is 11.4. The van der Waals surface area contributed by atoms with Crippen molar-refractivity contribution >= 4 is 86.5 Å². The van der Waals surface area contributed by atoms with Crippen LogP contribution in [0.15, 0.2) is 175 Å². The molecule has 0 radical (unpaired) electrons. The van der Waals surface area contributed by atoms with Crippen molar-refractivity contribution in [3.8, 4) is 5.69 Å². The van der Waals surface area contributed by atoms with Crippen LogP contribution in [-0.2, 0) is 0 Å². The molecule has 7 aromatic carbocycles. The van der Waals surface area contributed by atoms with Gasteiger partial charge in [-0.05, 0) is 54.1 Å². The third-order valence-electron chi connectivity index (χ3n) is 10.4. The van der Waals surface area contributed by atoms with E-state index in [1.165, 1.54) is 58.3 Å². The summed E-state index contributed by atoms with van der Waals surface area (Å²) in [6, 6.07) is 58.9. The van der Waals surface area contributed by atoms with Gasteiger partial charge in [-0.25, -0.2) is 4.99 Å². The highest BCUT2D eigenvalue weighted by Gasteiger charge is 2.26. The number of aliphatic imine (C=N–C) groups is 1. The van der Waals surface area contributed by atoms with Crippen molar-refractivity contribution in [2.45, 2.75) is 6.29 Å². The number of aromatic nitrogens is 2. The third-order valence-corrected chi connectivity index (χ3v) is 11.6. The molecule has 240 valence electrons. The number of benzene rings is 7. The Kier molecular flexibility index (Phi) is 6.15. The first-order valence-electron chi connectivity index (χ1n) is 17.3. The molecule has 51 heavy (non-hydrogen) atoms. The lowest BCUT2D eigenvalue weighted by atomic mass is 10.0. The highest BCUT2D eigenvalue weighted by Crippen LogP contribution is 2.42. The number of hydrogen-bond acceptors (Lipinski definition) is 3. The Hall–Kier alpha value is -6.43. The number of thiophene rings is 1. The molecule has 1 aliphatic rings. The SMILES string of the molecule is C1=C(c2cccc3c2sc2ccccc23)NC(n2c3ccccc3c3cc4c5ccccc5n(-c5ccccc5)c4cc32)N=C1c1ccccc1. The fourth-order valence-electron chi connectivity index (χ4n) is 8.10. The number of fused-ring (bicyclic) bond motifs is 9. The molecule has 0 aliphatic carbocycles. The molecule has 3 aromatic heterocycles. The van der Waals surface area contributed by atoms with Gasteiger partial charge in [0.2, 0.25) is 6.29 Å². The zero-order chi connectivity index (χ0) is 33.5. The van der Waals surface area contributed by atoms with Crippen molar-refractivity contribution in [2.24, 2.45) is 4.99 Å². The highest BCUT2D eigenvalue weighted by atomic mass is 32.1. The van der Waals surface area contributed by atoms with Crippen LogP contribution in [0, 0.1) is 0 Å². The Morgan fingerprint density at radius 3 is 1.98 bits per heavy atom. The van der Waals surface area contributed by atoms with Crippen molar-refractivity contribution in [3.05, 3.63) is 181 Å². The van der Waals surface area contributed by atoms with Gasteiger partial charge < -0.3 is 14.5 Å². The van der Waals surface area contributed by atoms with E-state index >= 15 is 0 Å². The minimum atomic E-state index is -0.390. The number of nitrogens with zero attached hydrogens (tertiary/aromatic N) is 3. The van der Waals surface area contributed by atoms with E-state index in [4.69, 9.17) is 4.99 Å². The van der Waals surface area contributed by atoms with Crippen LogP contribution in [0.25, 0.3) is 75.2 Å². The van der Waals surface area contributed by atoms with Crippen LogP contribution >= 0.6 is 11.3 Å². The summed E-state index contributed by atoms with van der Waals surface area (Å²) in [6.07, 6.45) is 1.84. The van der Waals surface area contributed by atoms with Gasteiger partial charge in [0, 0.05) is 58.7 Å². The first-order valence-corrected chi connectivity index (χ1v) is 18.2. The smallest absolute Gasteiger partial charge is 0.201 e. The number of rotatable bonds is 4. The molecule has 0 spiro atoms.